The summed E-state index contributed by atoms with van der Waals surface area (Å²) in [5.74, 6) is 1.50. The zero-order valence-corrected chi connectivity index (χ0v) is 16.9. The molecule has 0 aromatic carbocycles. The summed E-state index contributed by atoms with van der Waals surface area (Å²) in [6.45, 7) is 2.42. The largest absolute Gasteiger partial charge is 0.355 e. The van der Waals surface area contributed by atoms with Gasteiger partial charge in [0, 0.05) is 49.2 Å². The van der Waals surface area contributed by atoms with Gasteiger partial charge < -0.3 is 10.2 Å². The highest BCUT2D eigenvalue weighted by molar-refractivity contribution is 7.09. The molecule has 6 heteroatoms. The number of aromatic nitrogens is 1. The Morgan fingerprint density at radius 2 is 1.89 bits per heavy atom. The number of thiazole rings is 1. The van der Waals surface area contributed by atoms with E-state index < -0.39 is 0 Å². The number of likely N-dealkylation sites (tertiary alicyclic amines) is 1. The summed E-state index contributed by atoms with van der Waals surface area (Å²) in [7, 11) is 0. The summed E-state index contributed by atoms with van der Waals surface area (Å²) >= 11 is 1.72. The van der Waals surface area contributed by atoms with Crippen molar-refractivity contribution >= 4 is 23.2 Å². The minimum absolute atomic E-state index is 0.203. The van der Waals surface area contributed by atoms with Gasteiger partial charge in [-0.25, -0.2) is 4.98 Å². The van der Waals surface area contributed by atoms with Crippen molar-refractivity contribution in [2.45, 2.75) is 70.1 Å². The molecule has 2 aliphatic carbocycles. The summed E-state index contributed by atoms with van der Waals surface area (Å²) in [6.07, 6.45) is 11.0. The fraction of sp³-hybridized carbons (Fsp3) is 0.762. The number of nitrogens with zero attached hydrogens (tertiary/aromatic N) is 2. The molecule has 0 spiro atoms. The molecule has 4 rings (SSSR count). The van der Waals surface area contributed by atoms with Crippen LogP contribution in [-0.4, -0.2) is 41.3 Å². The molecule has 0 radical (unpaired) electrons. The lowest BCUT2D eigenvalue weighted by atomic mass is 9.87. The number of carbonyl (C=O) groups is 2. The van der Waals surface area contributed by atoms with Gasteiger partial charge in [-0.1, -0.05) is 19.3 Å². The Labute approximate surface area is 165 Å². The van der Waals surface area contributed by atoms with Crippen LogP contribution >= 0.6 is 11.3 Å². The third-order valence-corrected chi connectivity index (χ3v) is 7.29. The quantitative estimate of drug-likeness (QED) is 0.810. The number of hydrogen-bond acceptors (Lipinski definition) is 4. The first kappa shape index (κ1) is 18.9. The smallest absolute Gasteiger partial charge is 0.225 e. The molecule has 2 saturated carbocycles. The van der Waals surface area contributed by atoms with E-state index >= 15 is 0 Å². The van der Waals surface area contributed by atoms with E-state index in [-0.39, 0.29) is 17.7 Å². The summed E-state index contributed by atoms with van der Waals surface area (Å²) < 4.78 is 0. The van der Waals surface area contributed by atoms with Crippen LogP contribution in [0.4, 0.5) is 0 Å². The fourth-order valence-electron chi connectivity index (χ4n) is 4.42. The third-order valence-electron chi connectivity index (χ3n) is 6.23. The minimum Gasteiger partial charge on any atom is -0.355 e. The Hall–Kier alpha value is -1.43. The van der Waals surface area contributed by atoms with Crippen molar-refractivity contribution in [3.05, 3.63) is 16.1 Å². The van der Waals surface area contributed by atoms with Crippen molar-refractivity contribution in [1.29, 1.82) is 0 Å². The molecule has 5 nitrogen and oxygen atoms in total. The molecule has 1 aromatic heterocycles. The van der Waals surface area contributed by atoms with Crippen LogP contribution in [-0.2, 0) is 16.0 Å². The lowest BCUT2D eigenvalue weighted by Gasteiger charge is -2.35. The van der Waals surface area contributed by atoms with E-state index in [4.69, 9.17) is 4.98 Å². The van der Waals surface area contributed by atoms with Crippen LogP contribution in [0.2, 0.25) is 0 Å². The van der Waals surface area contributed by atoms with Crippen molar-refractivity contribution in [1.82, 2.24) is 15.2 Å². The highest BCUT2D eigenvalue weighted by Crippen LogP contribution is 2.32. The van der Waals surface area contributed by atoms with Crippen LogP contribution < -0.4 is 5.32 Å². The van der Waals surface area contributed by atoms with E-state index in [0.717, 1.165) is 63.7 Å². The van der Waals surface area contributed by atoms with Gasteiger partial charge in [0.15, 0.2) is 0 Å². The Morgan fingerprint density at radius 3 is 2.67 bits per heavy atom. The zero-order valence-electron chi connectivity index (χ0n) is 16.1. The van der Waals surface area contributed by atoms with E-state index in [0.29, 0.717) is 18.4 Å². The number of amides is 2. The summed E-state index contributed by atoms with van der Waals surface area (Å²) in [6, 6.07) is 0. The Kier molecular flexibility index (Phi) is 6.11. The van der Waals surface area contributed by atoms with Crippen LogP contribution in [0, 0.1) is 11.8 Å². The number of carbonyl (C=O) groups excluding carboxylic acids is 2. The van der Waals surface area contributed by atoms with Crippen molar-refractivity contribution < 1.29 is 9.59 Å². The lowest BCUT2D eigenvalue weighted by molar-refractivity contribution is -0.137. The van der Waals surface area contributed by atoms with Gasteiger partial charge in [0.25, 0.3) is 0 Å². The van der Waals surface area contributed by atoms with Gasteiger partial charge in [-0.05, 0) is 38.5 Å². The maximum absolute atomic E-state index is 12.9. The van der Waals surface area contributed by atoms with Gasteiger partial charge in [0.1, 0.15) is 0 Å². The zero-order chi connectivity index (χ0) is 18.6. The lowest BCUT2D eigenvalue weighted by Crippen LogP contribution is -2.42. The molecule has 1 aromatic rings. The molecule has 1 N–H and O–H groups in total. The average Bonchev–Trinajstić information content (AvgIpc) is 3.47. The number of hydrogen-bond donors (Lipinski definition) is 1. The van der Waals surface area contributed by atoms with E-state index in [1.165, 1.54) is 24.3 Å². The summed E-state index contributed by atoms with van der Waals surface area (Å²) in [4.78, 5) is 31.5. The van der Waals surface area contributed by atoms with E-state index in [2.05, 4.69) is 15.6 Å². The predicted molar refractivity (Wildman–Crippen MR) is 107 cm³/mol. The Bertz CT molecular complexity index is 664. The molecule has 1 atom stereocenters. The first-order valence-electron chi connectivity index (χ1n) is 10.7. The molecule has 27 heavy (non-hydrogen) atoms. The topological polar surface area (TPSA) is 62.3 Å². The van der Waals surface area contributed by atoms with Gasteiger partial charge in [0.05, 0.1) is 10.7 Å². The van der Waals surface area contributed by atoms with Gasteiger partial charge in [0.2, 0.25) is 11.8 Å². The normalized spacial score (nSPS) is 24.0. The van der Waals surface area contributed by atoms with Gasteiger partial charge in [-0.2, -0.15) is 0 Å². The molecule has 2 amide bonds. The SMILES string of the molecule is O=C(NCCc1csc([C@@H]2CCCN(C(=O)C3CCCCC3)C2)n1)C1CC1. The Morgan fingerprint density at radius 1 is 1.07 bits per heavy atom. The van der Waals surface area contributed by atoms with Crippen LogP contribution in [0.3, 0.4) is 0 Å². The average molecular weight is 390 g/mol. The second-order valence-electron chi connectivity index (χ2n) is 8.45. The maximum Gasteiger partial charge on any atom is 0.225 e. The molecule has 3 fully saturated rings. The van der Waals surface area contributed by atoms with Crippen LogP contribution in [0.25, 0.3) is 0 Å². The van der Waals surface area contributed by atoms with E-state index in [9.17, 15) is 9.59 Å². The number of nitrogens with one attached hydrogen (secondary N) is 1. The van der Waals surface area contributed by atoms with E-state index in [1.54, 1.807) is 11.3 Å². The second-order valence-corrected chi connectivity index (χ2v) is 9.34. The molecule has 1 aliphatic heterocycles. The number of rotatable bonds is 6. The molecule has 148 valence electrons. The molecule has 0 bridgehead atoms. The third kappa shape index (κ3) is 4.89. The first-order chi connectivity index (χ1) is 13.2. The van der Waals surface area contributed by atoms with Crippen molar-refractivity contribution in [3.8, 4) is 0 Å². The van der Waals surface area contributed by atoms with Crippen LogP contribution in [0.1, 0.15) is 74.4 Å². The summed E-state index contributed by atoms with van der Waals surface area (Å²) in [5.41, 5.74) is 1.07. The van der Waals surface area contributed by atoms with Gasteiger partial charge in [-0.15, -0.1) is 11.3 Å². The van der Waals surface area contributed by atoms with Crippen molar-refractivity contribution in [3.63, 3.8) is 0 Å². The van der Waals surface area contributed by atoms with Crippen molar-refractivity contribution in [2.24, 2.45) is 11.8 Å². The molecule has 1 saturated heterocycles. The van der Waals surface area contributed by atoms with E-state index in [1.807, 2.05) is 0 Å². The predicted octanol–water partition coefficient (Wildman–Crippen LogP) is 3.50. The molecule has 3 aliphatic rings. The maximum atomic E-state index is 12.9. The standard InChI is InChI=1S/C21H31N3O2S/c25-19(15-8-9-15)22-11-10-18-14-27-20(23-18)17-7-4-12-24(13-17)21(26)16-5-2-1-3-6-16/h14-17H,1-13H2,(H,22,25)/t17-/m1/s1. The minimum atomic E-state index is 0.203. The molecule has 2 heterocycles. The van der Waals surface area contributed by atoms with Gasteiger partial charge >= 0.3 is 0 Å². The van der Waals surface area contributed by atoms with Crippen LogP contribution in [0.15, 0.2) is 5.38 Å². The first-order valence-corrected chi connectivity index (χ1v) is 11.6. The highest BCUT2D eigenvalue weighted by atomic mass is 32.1. The Balaban J connectivity index is 1.28. The monoisotopic (exact) mass is 389 g/mol. The molecule has 0 unspecified atom stereocenters. The molecular weight excluding hydrogens is 358 g/mol. The number of piperidine rings is 1. The van der Waals surface area contributed by atoms with Gasteiger partial charge in [-0.3, -0.25) is 9.59 Å². The van der Waals surface area contributed by atoms with Crippen LogP contribution in [0.5, 0.6) is 0 Å². The summed E-state index contributed by atoms with van der Waals surface area (Å²) in [5, 5.41) is 6.30. The fourth-order valence-corrected chi connectivity index (χ4v) is 5.40. The molecular formula is C21H31N3O2S. The highest BCUT2D eigenvalue weighted by Gasteiger charge is 2.31. The van der Waals surface area contributed by atoms with Crippen molar-refractivity contribution in [2.75, 3.05) is 19.6 Å². The second kappa shape index (κ2) is 8.72.